The highest BCUT2D eigenvalue weighted by atomic mass is 16.4. The van der Waals surface area contributed by atoms with Gasteiger partial charge >= 0.3 is 5.97 Å². The zero-order chi connectivity index (χ0) is 21.2. The van der Waals surface area contributed by atoms with Crippen molar-refractivity contribution in [2.75, 3.05) is 31.5 Å². The van der Waals surface area contributed by atoms with Crippen LogP contribution in [0.25, 0.3) is 0 Å². The fraction of sp³-hybridized carbons (Fsp3) is 0.682. The molecular formula is C22H36N4O3. The number of carboxylic acids is 1. The summed E-state index contributed by atoms with van der Waals surface area (Å²) in [6.45, 7) is 8.67. The summed E-state index contributed by atoms with van der Waals surface area (Å²) in [5.41, 5.74) is 2.36. The van der Waals surface area contributed by atoms with E-state index in [-0.39, 0.29) is 11.8 Å². The van der Waals surface area contributed by atoms with E-state index in [0.717, 1.165) is 56.6 Å². The molecule has 29 heavy (non-hydrogen) atoms. The van der Waals surface area contributed by atoms with E-state index in [4.69, 9.17) is 5.11 Å². The normalized spacial score (nSPS) is 17.9. The third-order valence-electron chi connectivity index (χ3n) is 5.67. The fourth-order valence-electron chi connectivity index (χ4n) is 3.84. The summed E-state index contributed by atoms with van der Waals surface area (Å²) in [7, 11) is 0. The molecule has 0 spiro atoms. The molecule has 1 aromatic heterocycles. The van der Waals surface area contributed by atoms with Crippen LogP contribution in [-0.2, 0) is 22.4 Å². The largest absolute Gasteiger partial charge is 0.480 e. The predicted octanol–water partition coefficient (Wildman–Crippen LogP) is 2.70. The first kappa shape index (κ1) is 23.1. The first-order valence-electron chi connectivity index (χ1n) is 11.0. The molecule has 1 amide bonds. The van der Waals surface area contributed by atoms with Crippen LogP contribution in [0.15, 0.2) is 12.1 Å². The lowest BCUT2D eigenvalue weighted by atomic mass is 9.95. The second-order valence-corrected chi connectivity index (χ2v) is 7.56. The van der Waals surface area contributed by atoms with E-state index in [0.29, 0.717) is 19.6 Å². The smallest absolute Gasteiger partial charge is 0.320 e. The van der Waals surface area contributed by atoms with Crippen LogP contribution < -0.4 is 10.6 Å². The highest BCUT2D eigenvalue weighted by Crippen LogP contribution is 2.21. The lowest BCUT2D eigenvalue weighted by Crippen LogP contribution is -2.46. The van der Waals surface area contributed by atoms with Crippen LogP contribution in [0.1, 0.15) is 57.7 Å². The van der Waals surface area contributed by atoms with Crippen LogP contribution >= 0.6 is 0 Å². The number of rotatable bonds is 7. The predicted molar refractivity (Wildman–Crippen MR) is 115 cm³/mol. The van der Waals surface area contributed by atoms with Gasteiger partial charge in [-0.05, 0) is 70.2 Å². The van der Waals surface area contributed by atoms with Crippen LogP contribution in [0.5, 0.6) is 0 Å². The number of amides is 1. The van der Waals surface area contributed by atoms with Crippen molar-refractivity contribution in [2.45, 2.75) is 65.3 Å². The van der Waals surface area contributed by atoms with E-state index in [1.807, 2.05) is 18.7 Å². The number of likely N-dealkylation sites (tertiary alicyclic amines) is 1. The van der Waals surface area contributed by atoms with Gasteiger partial charge in [-0.15, -0.1) is 0 Å². The fourth-order valence-corrected chi connectivity index (χ4v) is 3.84. The number of piperidine rings is 1. The molecule has 0 radical (unpaired) electrons. The van der Waals surface area contributed by atoms with Crippen molar-refractivity contribution in [3.05, 3.63) is 23.4 Å². The number of anilines is 1. The molecule has 1 fully saturated rings. The zero-order valence-corrected chi connectivity index (χ0v) is 18.0. The Balaban J connectivity index is 0.00000145. The molecule has 1 aromatic rings. The van der Waals surface area contributed by atoms with E-state index in [2.05, 4.69) is 27.8 Å². The number of carbonyl (C=O) groups excluding carboxylic acids is 1. The SMILES string of the molecule is CC.C[C@H](C(=O)O)N1CCC(C(=O)NCCCc2ccc3c(n2)NCCC3)CC1. The van der Waals surface area contributed by atoms with Gasteiger partial charge in [-0.2, -0.15) is 0 Å². The molecule has 2 aliphatic heterocycles. The average molecular weight is 405 g/mol. The van der Waals surface area contributed by atoms with Gasteiger partial charge in [-0.1, -0.05) is 19.9 Å². The van der Waals surface area contributed by atoms with E-state index in [1.165, 1.54) is 5.56 Å². The number of carboxylic acid groups (broad SMARTS) is 1. The minimum Gasteiger partial charge on any atom is -0.480 e. The van der Waals surface area contributed by atoms with Crippen LogP contribution in [0.4, 0.5) is 5.82 Å². The molecule has 0 aliphatic carbocycles. The van der Waals surface area contributed by atoms with E-state index < -0.39 is 12.0 Å². The molecule has 0 unspecified atom stereocenters. The number of hydrogen-bond acceptors (Lipinski definition) is 5. The second kappa shape index (κ2) is 11.8. The number of aryl methyl sites for hydroxylation is 2. The van der Waals surface area contributed by atoms with Crippen LogP contribution in [0.3, 0.4) is 0 Å². The van der Waals surface area contributed by atoms with Gasteiger partial charge in [0, 0.05) is 24.7 Å². The van der Waals surface area contributed by atoms with E-state index in [9.17, 15) is 9.59 Å². The first-order valence-corrected chi connectivity index (χ1v) is 11.0. The summed E-state index contributed by atoms with van der Waals surface area (Å²) in [6.07, 6.45) is 5.42. The molecule has 3 N–H and O–H groups in total. The monoisotopic (exact) mass is 404 g/mol. The Morgan fingerprint density at radius 3 is 2.72 bits per heavy atom. The maximum Gasteiger partial charge on any atom is 0.320 e. The number of nitrogens with zero attached hydrogens (tertiary/aromatic N) is 2. The lowest BCUT2D eigenvalue weighted by molar-refractivity contribution is -0.143. The van der Waals surface area contributed by atoms with Gasteiger partial charge < -0.3 is 15.7 Å². The standard InChI is InChI=1S/C20H30N4O3.C2H6/c1-14(20(26)27)24-12-8-16(9-13-24)19(25)22-11-3-5-17-7-6-15-4-2-10-21-18(15)23-17;1-2/h6-7,14,16H,2-5,8-13H2,1H3,(H,21,23)(H,22,25)(H,26,27);1-2H3/t14-;/m1./s1. The van der Waals surface area contributed by atoms with Crippen molar-refractivity contribution in [3.63, 3.8) is 0 Å². The Labute approximate surface area is 174 Å². The molecule has 3 rings (SSSR count). The van der Waals surface area contributed by atoms with Gasteiger partial charge in [0.15, 0.2) is 0 Å². The van der Waals surface area contributed by atoms with Crippen LogP contribution in [0, 0.1) is 5.92 Å². The Morgan fingerprint density at radius 1 is 1.31 bits per heavy atom. The van der Waals surface area contributed by atoms with Crippen LogP contribution in [0.2, 0.25) is 0 Å². The quantitative estimate of drug-likeness (QED) is 0.605. The maximum atomic E-state index is 12.3. The Hall–Kier alpha value is -2.15. The summed E-state index contributed by atoms with van der Waals surface area (Å²) >= 11 is 0. The maximum absolute atomic E-state index is 12.3. The van der Waals surface area contributed by atoms with Gasteiger partial charge in [0.2, 0.25) is 5.91 Å². The molecule has 0 bridgehead atoms. The van der Waals surface area contributed by atoms with Gasteiger partial charge in [0.05, 0.1) is 0 Å². The average Bonchev–Trinajstić information content (AvgIpc) is 2.77. The number of fused-ring (bicyclic) bond motifs is 1. The summed E-state index contributed by atoms with van der Waals surface area (Å²) < 4.78 is 0. The number of aliphatic carboxylic acids is 1. The third kappa shape index (κ3) is 6.70. The molecule has 1 atom stereocenters. The molecule has 2 aliphatic rings. The van der Waals surface area contributed by atoms with Gasteiger partial charge in [-0.3, -0.25) is 14.5 Å². The Kier molecular flexibility index (Phi) is 9.38. The highest BCUT2D eigenvalue weighted by Gasteiger charge is 2.29. The molecule has 162 valence electrons. The molecule has 3 heterocycles. The van der Waals surface area contributed by atoms with Gasteiger partial charge in [-0.25, -0.2) is 4.98 Å². The van der Waals surface area contributed by atoms with Gasteiger partial charge in [0.25, 0.3) is 0 Å². The molecule has 7 nitrogen and oxygen atoms in total. The van der Waals surface area contributed by atoms with Crippen molar-refractivity contribution in [1.82, 2.24) is 15.2 Å². The second-order valence-electron chi connectivity index (χ2n) is 7.56. The third-order valence-corrected chi connectivity index (χ3v) is 5.67. The van der Waals surface area contributed by atoms with Crippen molar-refractivity contribution >= 4 is 17.7 Å². The minimum atomic E-state index is -0.802. The lowest BCUT2D eigenvalue weighted by Gasteiger charge is -2.33. The molecule has 0 saturated carbocycles. The molecule has 7 heteroatoms. The summed E-state index contributed by atoms with van der Waals surface area (Å²) in [5.74, 6) is 0.306. The Morgan fingerprint density at radius 2 is 2.03 bits per heavy atom. The summed E-state index contributed by atoms with van der Waals surface area (Å²) in [6, 6.07) is 3.77. The highest BCUT2D eigenvalue weighted by molar-refractivity contribution is 5.78. The summed E-state index contributed by atoms with van der Waals surface area (Å²) in [5, 5.41) is 15.5. The van der Waals surface area contributed by atoms with Crippen molar-refractivity contribution in [2.24, 2.45) is 5.92 Å². The topological polar surface area (TPSA) is 94.6 Å². The summed E-state index contributed by atoms with van der Waals surface area (Å²) in [4.78, 5) is 30.0. The zero-order valence-electron chi connectivity index (χ0n) is 18.0. The molecular weight excluding hydrogens is 368 g/mol. The van der Waals surface area contributed by atoms with Crippen LogP contribution in [-0.4, -0.2) is 59.1 Å². The molecule has 1 saturated heterocycles. The number of aromatic nitrogens is 1. The van der Waals surface area contributed by atoms with Gasteiger partial charge in [0.1, 0.15) is 11.9 Å². The van der Waals surface area contributed by atoms with Crippen molar-refractivity contribution < 1.29 is 14.7 Å². The molecule has 0 aromatic carbocycles. The Bertz CT molecular complexity index is 672. The van der Waals surface area contributed by atoms with Crippen molar-refractivity contribution in [1.29, 1.82) is 0 Å². The number of nitrogens with one attached hydrogen (secondary N) is 2. The van der Waals surface area contributed by atoms with E-state index in [1.54, 1.807) is 6.92 Å². The van der Waals surface area contributed by atoms with Crippen molar-refractivity contribution in [3.8, 4) is 0 Å². The first-order chi connectivity index (χ1) is 14.0. The van der Waals surface area contributed by atoms with E-state index >= 15 is 0 Å². The number of hydrogen-bond donors (Lipinski definition) is 3. The minimum absolute atomic E-state index is 0.00619. The number of pyridine rings is 1. The number of carbonyl (C=O) groups is 2.